The number of fused-ring (bicyclic) bond motifs is 2. The minimum atomic E-state index is -0.306. The molecule has 27 heavy (non-hydrogen) atoms. The molecule has 0 saturated carbocycles. The van der Waals surface area contributed by atoms with Gasteiger partial charge in [0.25, 0.3) is 5.91 Å². The standard InChI is InChI=1S/C19H20N4O3S/c1-4-6-22-13-10-15-16(26-8-7-25-15)11-17(13)27-19(22)20-18(24)14-9-12(3)21-23(14)5-2/h4,9-11H,1,5-8H2,2-3H3. The molecule has 0 saturated heterocycles. The highest BCUT2D eigenvalue weighted by Gasteiger charge is 2.17. The Kier molecular flexibility index (Phi) is 4.57. The number of ether oxygens (including phenoxy) is 2. The molecule has 0 unspecified atom stereocenters. The molecule has 0 bridgehead atoms. The summed E-state index contributed by atoms with van der Waals surface area (Å²) in [6.07, 6.45) is 1.78. The second kappa shape index (κ2) is 7.03. The minimum absolute atomic E-state index is 0.306. The van der Waals surface area contributed by atoms with Gasteiger partial charge in [-0.05, 0) is 19.9 Å². The maximum Gasteiger partial charge on any atom is 0.297 e. The lowest BCUT2D eigenvalue weighted by Gasteiger charge is -2.18. The zero-order valence-corrected chi connectivity index (χ0v) is 16.1. The van der Waals surface area contributed by atoms with Crippen molar-refractivity contribution < 1.29 is 14.3 Å². The molecule has 140 valence electrons. The first-order chi connectivity index (χ1) is 13.1. The van der Waals surface area contributed by atoms with Crippen molar-refractivity contribution in [2.24, 2.45) is 4.99 Å². The first-order valence-corrected chi connectivity index (χ1v) is 9.59. The number of thiazole rings is 1. The van der Waals surface area contributed by atoms with E-state index in [9.17, 15) is 4.79 Å². The van der Waals surface area contributed by atoms with Crippen LogP contribution in [0.3, 0.4) is 0 Å². The molecule has 4 rings (SSSR count). The van der Waals surface area contributed by atoms with Gasteiger partial charge < -0.3 is 14.0 Å². The Morgan fingerprint density at radius 3 is 2.78 bits per heavy atom. The lowest BCUT2D eigenvalue weighted by Crippen LogP contribution is -2.18. The Hall–Kier alpha value is -2.87. The highest BCUT2D eigenvalue weighted by atomic mass is 32.1. The van der Waals surface area contributed by atoms with Crippen molar-refractivity contribution in [3.63, 3.8) is 0 Å². The van der Waals surface area contributed by atoms with Gasteiger partial charge in [0, 0.05) is 25.2 Å². The van der Waals surface area contributed by atoms with Crippen LogP contribution < -0.4 is 14.3 Å². The number of amides is 1. The van der Waals surface area contributed by atoms with Crippen LogP contribution in [0.1, 0.15) is 23.1 Å². The van der Waals surface area contributed by atoms with Crippen LogP contribution in [0.25, 0.3) is 10.2 Å². The van der Waals surface area contributed by atoms with E-state index in [4.69, 9.17) is 9.47 Å². The van der Waals surface area contributed by atoms with Gasteiger partial charge in [-0.15, -0.1) is 6.58 Å². The van der Waals surface area contributed by atoms with Crippen molar-refractivity contribution in [1.82, 2.24) is 14.3 Å². The summed E-state index contributed by atoms with van der Waals surface area (Å²) in [4.78, 5) is 17.8. The van der Waals surface area contributed by atoms with Crippen LogP contribution in [0, 0.1) is 6.92 Å². The second-order valence-electron chi connectivity index (χ2n) is 6.15. The molecule has 0 aliphatic carbocycles. The summed E-state index contributed by atoms with van der Waals surface area (Å²) in [6, 6.07) is 5.65. The fourth-order valence-corrected chi connectivity index (χ4v) is 4.15. The molecule has 3 heterocycles. The summed E-state index contributed by atoms with van der Waals surface area (Å²) in [5.74, 6) is 1.12. The lowest BCUT2D eigenvalue weighted by molar-refractivity contribution is 0.0987. The predicted octanol–water partition coefficient (Wildman–Crippen LogP) is 2.93. The highest BCUT2D eigenvalue weighted by Crippen LogP contribution is 2.35. The van der Waals surface area contributed by atoms with Crippen molar-refractivity contribution in [2.45, 2.75) is 26.9 Å². The van der Waals surface area contributed by atoms with E-state index in [1.165, 1.54) is 11.3 Å². The van der Waals surface area contributed by atoms with E-state index in [1.54, 1.807) is 16.8 Å². The Labute approximate surface area is 160 Å². The van der Waals surface area contributed by atoms with Gasteiger partial charge in [0.15, 0.2) is 16.3 Å². The quantitative estimate of drug-likeness (QED) is 0.649. The van der Waals surface area contributed by atoms with E-state index >= 15 is 0 Å². The molecule has 0 N–H and O–H groups in total. The monoisotopic (exact) mass is 384 g/mol. The number of allylic oxidation sites excluding steroid dienone is 1. The molecule has 2 aromatic heterocycles. The maximum atomic E-state index is 12.8. The van der Waals surface area contributed by atoms with Crippen molar-refractivity contribution in [2.75, 3.05) is 13.2 Å². The molecule has 3 aromatic rings. The summed E-state index contributed by atoms with van der Waals surface area (Å²) < 4.78 is 16.0. The van der Waals surface area contributed by atoms with Gasteiger partial charge in [-0.1, -0.05) is 17.4 Å². The second-order valence-corrected chi connectivity index (χ2v) is 7.16. The van der Waals surface area contributed by atoms with Crippen LogP contribution in [0.2, 0.25) is 0 Å². The average molecular weight is 384 g/mol. The first kappa shape index (κ1) is 17.5. The number of aryl methyl sites for hydroxylation is 2. The normalized spacial score (nSPS) is 13.9. The number of rotatable bonds is 4. The predicted molar refractivity (Wildman–Crippen MR) is 104 cm³/mol. The molecule has 8 heteroatoms. The number of aromatic nitrogens is 3. The van der Waals surface area contributed by atoms with Crippen LogP contribution in [0.5, 0.6) is 11.5 Å². The molecule has 1 aliphatic rings. The Morgan fingerprint density at radius 2 is 2.07 bits per heavy atom. The number of carbonyl (C=O) groups excluding carboxylic acids is 1. The third-order valence-corrected chi connectivity index (χ3v) is 5.32. The number of nitrogens with zero attached hydrogens (tertiary/aromatic N) is 4. The first-order valence-electron chi connectivity index (χ1n) is 8.78. The van der Waals surface area contributed by atoms with Crippen LogP contribution in [0.4, 0.5) is 0 Å². The average Bonchev–Trinajstić information content (AvgIpc) is 3.20. The number of hydrogen-bond acceptors (Lipinski definition) is 5. The van der Waals surface area contributed by atoms with E-state index < -0.39 is 0 Å². The third kappa shape index (κ3) is 3.16. The van der Waals surface area contributed by atoms with Gasteiger partial charge in [0.2, 0.25) is 0 Å². The molecular formula is C19H20N4O3S. The summed E-state index contributed by atoms with van der Waals surface area (Å²) in [6.45, 7) is 9.86. The van der Waals surface area contributed by atoms with Crippen molar-refractivity contribution in [3.05, 3.63) is 47.0 Å². The summed E-state index contributed by atoms with van der Waals surface area (Å²) in [5, 5.41) is 4.33. The molecule has 0 atom stereocenters. The number of carbonyl (C=O) groups is 1. The van der Waals surface area contributed by atoms with Gasteiger partial charge in [0.1, 0.15) is 18.9 Å². The SMILES string of the molecule is C=CCn1c(=NC(=O)c2cc(C)nn2CC)sc2cc3c(cc21)OCCO3. The fraction of sp³-hybridized carbons (Fsp3) is 0.316. The Morgan fingerprint density at radius 1 is 1.33 bits per heavy atom. The van der Waals surface area contributed by atoms with Crippen molar-refractivity contribution in [1.29, 1.82) is 0 Å². The van der Waals surface area contributed by atoms with Crippen molar-refractivity contribution in [3.8, 4) is 11.5 Å². The van der Waals surface area contributed by atoms with Gasteiger partial charge in [-0.2, -0.15) is 10.1 Å². The van der Waals surface area contributed by atoms with E-state index in [0.29, 0.717) is 42.5 Å². The Bertz CT molecular complexity index is 1110. The summed E-state index contributed by atoms with van der Waals surface area (Å²) >= 11 is 1.44. The zero-order chi connectivity index (χ0) is 19.0. The molecule has 1 aromatic carbocycles. The van der Waals surface area contributed by atoms with E-state index in [-0.39, 0.29) is 5.91 Å². The highest BCUT2D eigenvalue weighted by molar-refractivity contribution is 7.16. The summed E-state index contributed by atoms with van der Waals surface area (Å²) in [5.41, 5.74) is 2.23. The molecule has 1 amide bonds. The van der Waals surface area contributed by atoms with Crippen LogP contribution in [-0.4, -0.2) is 33.5 Å². The zero-order valence-electron chi connectivity index (χ0n) is 15.3. The molecule has 0 spiro atoms. The van der Waals surface area contributed by atoms with Gasteiger partial charge in [-0.25, -0.2) is 0 Å². The molecule has 1 aliphatic heterocycles. The van der Waals surface area contributed by atoms with E-state index in [0.717, 1.165) is 21.7 Å². The fourth-order valence-electron chi connectivity index (χ4n) is 3.10. The topological polar surface area (TPSA) is 70.6 Å². The molecular weight excluding hydrogens is 364 g/mol. The lowest BCUT2D eigenvalue weighted by atomic mass is 10.2. The smallest absolute Gasteiger partial charge is 0.297 e. The van der Waals surface area contributed by atoms with Crippen LogP contribution in [-0.2, 0) is 13.1 Å². The Balaban J connectivity index is 1.86. The molecule has 0 fully saturated rings. The molecule has 0 radical (unpaired) electrons. The van der Waals surface area contributed by atoms with Gasteiger partial charge >= 0.3 is 0 Å². The van der Waals surface area contributed by atoms with Crippen LogP contribution >= 0.6 is 11.3 Å². The summed E-state index contributed by atoms with van der Waals surface area (Å²) in [7, 11) is 0. The molecule has 7 nitrogen and oxygen atoms in total. The maximum absolute atomic E-state index is 12.8. The van der Waals surface area contributed by atoms with Gasteiger partial charge in [-0.3, -0.25) is 9.48 Å². The number of benzene rings is 1. The van der Waals surface area contributed by atoms with Crippen molar-refractivity contribution >= 4 is 27.5 Å². The largest absolute Gasteiger partial charge is 0.486 e. The number of hydrogen-bond donors (Lipinski definition) is 0. The minimum Gasteiger partial charge on any atom is -0.486 e. The van der Waals surface area contributed by atoms with E-state index in [2.05, 4.69) is 16.7 Å². The third-order valence-electron chi connectivity index (χ3n) is 4.28. The van der Waals surface area contributed by atoms with Gasteiger partial charge in [0.05, 0.1) is 15.9 Å². The van der Waals surface area contributed by atoms with Crippen LogP contribution in [0.15, 0.2) is 35.8 Å². The van der Waals surface area contributed by atoms with E-state index in [1.807, 2.05) is 30.5 Å².